The van der Waals surface area contributed by atoms with Gasteiger partial charge in [-0.1, -0.05) is 24.3 Å². The molecule has 2 aromatic carbocycles. The minimum atomic E-state index is -0.303. The Hall–Kier alpha value is -1.87. The largest absolute Gasteiger partial charge is 0.394 e. The van der Waals surface area contributed by atoms with Crippen LogP contribution in [0.3, 0.4) is 0 Å². The zero-order chi connectivity index (χ0) is 13.0. The molecule has 0 heterocycles. The maximum absolute atomic E-state index is 13.2. The summed E-state index contributed by atoms with van der Waals surface area (Å²) in [5.41, 5.74) is 2.79. The highest BCUT2D eigenvalue weighted by Gasteiger charge is 2.10. The highest BCUT2D eigenvalue weighted by Crippen LogP contribution is 2.20. The molecule has 0 amide bonds. The van der Waals surface area contributed by atoms with Gasteiger partial charge >= 0.3 is 0 Å². The molecule has 2 aromatic rings. The predicted molar refractivity (Wildman–Crippen MR) is 71.0 cm³/mol. The molecule has 0 aliphatic rings. The van der Waals surface area contributed by atoms with Gasteiger partial charge in [-0.05, 0) is 42.3 Å². The van der Waals surface area contributed by atoms with Crippen LogP contribution in [0.4, 0.5) is 10.1 Å². The minimum absolute atomic E-state index is 0.0859. The zero-order valence-corrected chi connectivity index (χ0v) is 10.2. The number of anilines is 1. The summed E-state index contributed by atoms with van der Waals surface area (Å²) in [4.78, 5) is 0. The highest BCUT2D eigenvalue weighted by atomic mass is 19.1. The SMILES string of the molecule is Cc1cccc(NC(CO)c2cccc(F)c2)c1. The minimum Gasteiger partial charge on any atom is -0.394 e. The number of benzene rings is 2. The van der Waals surface area contributed by atoms with Crippen molar-refractivity contribution in [3.63, 3.8) is 0 Å². The Bertz CT molecular complexity index is 527. The van der Waals surface area contributed by atoms with Crippen molar-refractivity contribution in [3.8, 4) is 0 Å². The lowest BCUT2D eigenvalue weighted by Gasteiger charge is -2.18. The van der Waals surface area contributed by atoms with E-state index in [9.17, 15) is 9.50 Å². The summed E-state index contributed by atoms with van der Waals surface area (Å²) in [7, 11) is 0. The van der Waals surface area contributed by atoms with Crippen LogP contribution < -0.4 is 5.32 Å². The van der Waals surface area contributed by atoms with Gasteiger partial charge in [0.25, 0.3) is 0 Å². The number of hydrogen-bond donors (Lipinski definition) is 2. The zero-order valence-electron chi connectivity index (χ0n) is 10.2. The molecule has 2 nitrogen and oxygen atoms in total. The Balaban J connectivity index is 2.19. The lowest BCUT2D eigenvalue weighted by Crippen LogP contribution is -2.15. The molecule has 0 aliphatic heterocycles. The molecule has 1 atom stereocenters. The molecular formula is C15H16FNO. The Labute approximate surface area is 106 Å². The van der Waals surface area contributed by atoms with Gasteiger partial charge in [0.2, 0.25) is 0 Å². The molecule has 1 unspecified atom stereocenters. The van der Waals surface area contributed by atoms with E-state index in [1.54, 1.807) is 12.1 Å². The van der Waals surface area contributed by atoms with E-state index in [2.05, 4.69) is 5.32 Å². The van der Waals surface area contributed by atoms with Gasteiger partial charge in [-0.15, -0.1) is 0 Å². The fraction of sp³-hybridized carbons (Fsp3) is 0.200. The van der Waals surface area contributed by atoms with Crippen molar-refractivity contribution in [2.75, 3.05) is 11.9 Å². The average molecular weight is 245 g/mol. The van der Waals surface area contributed by atoms with Crippen molar-refractivity contribution in [2.45, 2.75) is 13.0 Å². The summed E-state index contributed by atoms with van der Waals surface area (Å²) < 4.78 is 13.2. The molecule has 0 saturated carbocycles. The third kappa shape index (κ3) is 3.08. The average Bonchev–Trinajstić information content (AvgIpc) is 2.36. The first-order valence-electron chi connectivity index (χ1n) is 5.88. The van der Waals surface area contributed by atoms with Crippen LogP contribution in [-0.2, 0) is 0 Å². The van der Waals surface area contributed by atoms with E-state index in [1.807, 2.05) is 31.2 Å². The van der Waals surface area contributed by atoms with E-state index < -0.39 is 0 Å². The first-order valence-corrected chi connectivity index (χ1v) is 5.88. The second-order valence-electron chi connectivity index (χ2n) is 4.30. The second kappa shape index (κ2) is 5.65. The summed E-state index contributed by atoms with van der Waals surface area (Å²) >= 11 is 0. The van der Waals surface area contributed by atoms with E-state index in [0.717, 1.165) is 16.8 Å². The van der Waals surface area contributed by atoms with Crippen LogP contribution in [0, 0.1) is 12.7 Å². The predicted octanol–water partition coefficient (Wildman–Crippen LogP) is 3.28. The van der Waals surface area contributed by atoms with Crippen molar-refractivity contribution < 1.29 is 9.50 Å². The normalized spacial score (nSPS) is 12.2. The third-order valence-corrected chi connectivity index (χ3v) is 2.79. The fourth-order valence-electron chi connectivity index (χ4n) is 1.89. The van der Waals surface area contributed by atoms with Crippen LogP contribution in [0.1, 0.15) is 17.2 Å². The molecule has 0 aromatic heterocycles. The number of aliphatic hydroxyl groups is 1. The molecule has 0 aliphatic carbocycles. The lowest BCUT2D eigenvalue weighted by atomic mass is 10.1. The number of aliphatic hydroxyl groups excluding tert-OH is 1. The quantitative estimate of drug-likeness (QED) is 0.866. The Kier molecular flexibility index (Phi) is 3.95. The molecule has 0 saturated heterocycles. The number of hydrogen-bond acceptors (Lipinski definition) is 2. The van der Waals surface area contributed by atoms with Crippen molar-refractivity contribution in [3.05, 3.63) is 65.5 Å². The van der Waals surface area contributed by atoms with Crippen LogP contribution in [0.2, 0.25) is 0 Å². The Morgan fingerprint density at radius 3 is 2.61 bits per heavy atom. The Morgan fingerprint density at radius 1 is 1.17 bits per heavy atom. The summed E-state index contributed by atoms with van der Waals surface area (Å²) in [6.07, 6.45) is 0. The monoisotopic (exact) mass is 245 g/mol. The van der Waals surface area contributed by atoms with E-state index in [-0.39, 0.29) is 18.5 Å². The topological polar surface area (TPSA) is 32.3 Å². The fourth-order valence-corrected chi connectivity index (χ4v) is 1.89. The van der Waals surface area contributed by atoms with E-state index >= 15 is 0 Å². The molecule has 0 radical (unpaired) electrons. The van der Waals surface area contributed by atoms with Crippen molar-refractivity contribution >= 4 is 5.69 Å². The van der Waals surface area contributed by atoms with Gasteiger partial charge < -0.3 is 10.4 Å². The van der Waals surface area contributed by atoms with Crippen LogP contribution in [-0.4, -0.2) is 11.7 Å². The molecule has 94 valence electrons. The molecule has 18 heavy (non-hydrogen) atoms. The highest BCUT2D eigenvalue weighted by molar-refractivity contribution is 5.47. The number of halogens is 1. The van der Waals surface area contributed by atoms with E-state index in [4.69, 9.17) is 0 Å². The van der Waals surface area contributed by atoms with Gasteiger partial charge in [-0.25, -0.2) is 4.39 Å². The van der Waals surface area contributed by atoms with E-state index in [0.29, 0.717) is 0 Å². The molecule has 0 fully saturated rings. The molecular weight excluding hydrogens is 229 g/mol. The van der Waals surface area contributed by atoms with Crippen molar-refractivity contribution in [2.24, 2.45) is 0 Å². The van der Waals surface area contributed by atoms with Gasteiger partial charge in [0.1, 0.15) is 5.82 Å². The first kappa shape index (κ1) is 12.6. The molecule has 2 rings (SSSR count). The summed E-state index contributed by atoms with van der Waals surface area (Å²) in [6, 6.07) is 13.8. The Morgan fingerprint density at radius 2 is 1.94 bits per heavy atom. The standard InChI is InChI=1S/C15H16FNO/c1-11-4-2-7-14(8-11)17-15(10-18)12-5-3-6-13(16)9-12/h2-9,15,17-18H,10H2,1H3. The van der Waals surface area contributed by atoms with Gasteiger partial charge in [0.05, 0.1) is 12.6 Å². The van der Waals surface area contributed by atoms with Gasteiger partial charge in [0, 0.05) is 5.69 Å². The summed E-state index contributed by atoms with van der Waals surface area (Å²) in [5, 5.41) is 12.6. The number of rotatable bonds is 4. The van der Waals surface area contributed by atoms with Gasteiger partial charge in [-0.3, -0.25) is 0 Å². The van der Waals surface area contributed by atoms with Crippen LogP contribution in [0.5, 0.6) is 0 Å². The van der Waals surface area contributed by atoms with Gasteiger partial charge in [0.15, 0.2) is 0 Å². The van der Waals surface area contributed by atoms with Crippen LogP contribution in [0.15, 0.2) is 48.5 Å². The maximum atomic E-state index is 13.2. The van der Waals surface area contributed by atoms with Crippen LogP contribution in [0.25, 0.3) is 0 Å². The lowest BCUT2D eigenvalue weighted by molar-refractivity contribution is 0.276. The summed E-state index contributed by atoms with van der Waals surface area (Å²) in [5.74, 6) is -0.294. The maximum Gasteiger partial charge on any atom is 0.123 e. The van der Waals surface area contributed by atoms with Crippen molar-refractivity contribution in [1.29, 1.82) is 0 Å². The molecule has 3 heteroatoms. The molecule has 2 N–H and O–H groups in total. The smallest absolute Gasteiger partial charge is 0.123 e. The van der Waals surface area contributed by atoms with Crippen molar-refractivity contribution in [1.82, 2.24) is 0 Å². The molecule has 0 bridgehead atoms. The van der Waals surface area contributed by atoms with Gasteiger partial charge in [-0.2, -0.15) is 0 Å². The number of aryl methyl sites for hydroxylation is 1. The second-order valence-corrected chi connectivity index (χ2v) is 4.30. The first-order chi connectivity index (χ1) is 8.69. The third-order valence-electron chi connectivity index (χ3n) is 2.79. The number of nitrogens with one attached hydrogen (secondary N) is 1. The van der Waals surface area contributed by atoms with E-state index in [1.165, 1.54) is 12.1 Å². The molecule has 0 spiro atoms. The van der Waals surface area contributed by atoms with Crippen LogP contribution >= 0.6 is 0 Å². The summed E-state index contributed by atoms with van der Waals surface area (Å²) in [6.45, 7) is 1.92.